The first-order valence-corrected chi connectivity index (χ1v) is 13.6. The monoisotopic (exact) mass is 592 g/mol. The summed E-state index contributed by atoms with van der Waals surface area (Å²) in [4.78, 5) is 25.3. The zero-order chi connectivity index (χ0) is 30.5. The number of benzene rings is 4. The van der Waals surface area contributed by atoms with Gasteiger partial charge in [-0.15, -0.1) is 0 Å². The molecule has 0 unspecified atom stereocenters. The Bertz CT molecular complexity index is 1670. The van der Waals surface area contributed by atoms with Gasteiger partial charge >= 0.3 is 0 Å². The highest BCUT2D eigenvalue weighted by atomic mass is 16.7. The highest BCUT2D eigenvalue weighted by Gasteiger charge is 2.15. The van der Waals surface area contributed by atoms with Crippen molar-refractivity contribution in [2.75, 3.05) is 38.4 Å². The van der Waals surface area contributed by atoms with Crippen molar-refractivity contribution in [2.24, 2.45) is 0 Å². The first kappa shape index (κ1) is 28.2. The number of amides is 2. The molecule has 0 fully saturated rings. The molecule has 4 aromatic rings. The maximum atomic E-state index is 12.6. The largest absolute Gasteiger partial charge is 0.495 e. The van der Waals surface area contributed by atoms with E-state index in [1.165, 1.54) is 26.4 Å². The van der Waals surface area contributed by atoms with Crippen molar-refractivity contribution in [3.05, 3.63) is 96.1 Å². The van der Waals surface area contributed by atoms with Gasteiger partial charge in [-0.25, -0.2) is 0 Å². The summed E-state index contributed by atoms with van der Waals surface area (Å²) in [5.41, 5.74) is 4.30. The number of carbonyl (C=O) groups is 2. The molecule has 2 aliphatic rings. The lowest BCUT2D eigenvalue weighted by Crippen LogP contribution is -2.09. The molecule has 2 aliphatic heterocycles. The Morgan fingerprint density at radius 2 is 1.02 bits per heavy atom. The Morgan fingerprint density at radius 3 is 1.45 bits per heavy atom. The minimum absolute atomic E-state index is 0.188. The molecule has 2 N–H and O–H groups in total. The predicted octanol–water partition coefficient (Wildman–Crippen LogP) is 6.13. The Balaban J connectivity index is 1.11. The molecule has 10 heteroatoms. The number of hydrogen-bond donors (Lipinski definition) is 2. The molecule has 44 heavy (non-hydrogen) atoms. The number of rotatable bonds is 9. The van der Waals surface area contributed by atoms with Gasteiger partial charge in [0.05, 0.1) is 25.6 Å². The minimum atomic E-state index is -0.317. The molecule has 0 aromatic heterocycles. The zero-order valence-corrected chi connectivity index (χ0v) is 23.9. The quantitative estimate of drug-likeness (QED) is 0.223. The van der Waals surface area contributed by atoms with Crippen LogP contribution in [0.2, 0.25) is 0 Å². The summed E-state index contributed by atoms with van der Waals surface area (Å²) in [5.74, 6) is 2.98. The molecular formula is C34H28N2O8. The number of fused-ring (bicyclic) bond motifs is 2. The van der Waals surface area contributed by atoms with E-state index >= 15 is 0 Å². The van der Waals surface area contributed by atoms with Crippen molar-refractivity contribution in [1.82, 2.24) is 0 Å². The molecule has 0 saturated carbocycles. The molecule has 0 spiro atoms. The van der Waals surface area contributed by atoms with Crippen LogP contribution in [0, 0.1) is 0 Å². The number of carbonyl (C=O) groups excluding carboxylic acids is 2. The second-order valence-corrected chi connectivity index (χ2v) is 9.70. The van der Waals surface area contributed by atoms with E-state index in [1.54, 1.807) is 36.4 Å². The summed E-state index contributed by atoms with van der Waals surface area (Å²) in [7, 11) is 3.07. The maximum absolute atomic E-state index is 12.6. The van der Waals surface area contributed by atoms with Gasteiger partial charge in [0, 0.05) is 12.2 Å². The van der Waals surface area contributed by atoms with E-state index < -0.39 is 0 Å². The van der Waals surface area contributed by atoms with Crippen molar-refractivity contribution < 1.29 is 38.0 Å². The van der Waals surface area contributed by atoms with E-state index in [4.69, 9.17) is 28.4 Å². The van der Waals surface area contributed by atoms with Gasteiger partial charge in [0.25, 0.3) is 0 Å². The van der Waals surface area contributed by atoms with Crippen LogP contribution < -0.4 is 39.1 Å². The van der Waals surface area contributed by atoms with Crippen LogP contribution in [0.25, 0.3) is 23.3 Å². The van der Waals surface area contributed by atoms with Gasteiger partial charge in [0.1, 0.15) is 11.5 Å². The molecule has 0 atom stereocenters. The molecule has 6 rings (SSSR count). The van der Waals surface area contributed by atoms with E-state index in [1.807, 2.05) is 48.5 Å². The third kappa shape index (κ3) is 6.29. The molecule has 0 saturated heterocycles. The van der Waals surface area contributed by atoms with Crippen LogP contribution in [0.4, 0.5) is 11.4 Å². The molecule has 222 valence electrons. The first-order chi connectivity index (χ1) is 21.5. The van der Waals surface area contributed by atoms with Crippen molar-refractivity contribution in [1.29, 1.82) is 0 Å². The molecule has 2 amide bonds. The van der Waals surface area contributed by atoms with Crippen molar-refractivity contribution >= 4 is 35.3 Å². The van der Waals surface area contributed by atoms with E-state index in [9.17, 15) is 9.59 Å². The van der Waals surface area contributed by atoms with Gasteiger partial charge in [0.2, 0.25) is 25.4 Å². The molecular weight excluding hydrogens is 564 g/mol. The smallest absolute Gasteiger partial charge is 0.248 e. The lowest BCUT2D eigenvalue weighted by atomic mass is 10.0. The van der Waals surface area contributed by atoms with Gasteiger partial charge in [-0.2, -0.15) is 0 Å². The van der Waals surface area contributed by atoms with Crippen LogP contribution in [0.3, 0.4) is 0 Å². The van der Waals surface area contributed by atoms with E-state index in [-0.39, 0.29) is 25.4 Å². The van der Waals surface area contributed by atoms with Crippen LogP contribution in [0.5, 0.6) is 34.5 Å². The minimum Gasteiger partial charge on any atom is -0.495 e. The molecule has 0 bridgehead atoms. The molecule has 0 radical (unpaired) electrons. The number of anilines is 2. The standard InChI is InChI=1S/C34H28N2O8/c1-39-29-17-23(7-9-25(29)35-33(37)13-5-21-3-11-27-31(15-21)43-19-41-27)24-8-10-26(30(18-24)40-2)36-34(38)14-6-22-4-12-28-32(16-22)44-20-42-28/h3-18H,19-20H2,1-2H3,(H,35,37)(H,36,38)/b13-5+,14-6+. The summed E-state index contributed by atoms with van der Waals surface area (Å²) in [6.07, 6.45) is 6.26. The highest BCUT2D eigenvalue weighted by molar-refractivity contribution is 6.04. The molecule has 4 aromatic carbocycles. The fraction of sp³-hybridized carbons (Fsp3) is 0.118. The van der Waals surface area contributed by atoms with E-state index in [2.05, 4.69) is 10.6 Å². The van der Waals surface area contributed by atoms with Gasteiger partial charge in [0.15, 0.2) is 23.0 Å². The molecule has 10 nitrogen and oxygen atoms in total. The summed E-state index contributed by atoms with van der Waals surface area (Å²) in [6.45, 7) is 0.377. The van der Waals surface area contributed by atoms with Crippen molar-refractivity contribution in [3.63, 3.8) is 0 Å². The second kappa shape index (κ2) is 12.5. The van der Waals surface area contributed by atoms with Crippen molar-refractivity contribution in [2.45, 2.75) is 0 Å². The number of hydrogen-bond acceptors (Lipinski definition) is 8. The summed E-state index contributed by atoms with van der Waals surface area (Å²) >= 11 is 0. The number of ether oxygens (including phenoxy) is 6. The Hall–Kier alpha value is -5.90. The van der Waals surface area contributed by atoms with Gasteiger partial charge in [-0.3, -0.25) is 9.59 Å². The van der Waals surface area contributed by atoms with E-state index in [0.717, 1.165) is 22.3 Å². The average Bonchev–Trinajstić information content (AvgIpc) is 3.72. The summed E-state index contributed by atoms with van der Waals surface area (Å²) < 4.78 is 32.5. The van der Waals surface area contributed by atoms with Crippen molar-refractivity contribution in [3.8, 4) is 45.6 Å². The Kier molecular flexibility index (Phi) is 8.04. The fourth-order valence-electron chi connectivity index (χ4n) is 4.67. The van der Waals surface area contributed by atoms with Crippen LogP contribution >= 0.6 is 0 Å². The Labute approximate surface area is 253 Å². The third-order valence-corrected chi connectivity index (χ3v) is 6.90. The Morgan fingerprint density at radius 1 is 0.591 bits per heavy atom. The SMILES string of the molecule is COc1cc(-c2ccc(NC(=O)/C=C/c3ccc4c(c3)OCO4)c(OC)c2)ccc1NC(=O)/C=C/c1ccc2c(c1)OCO2. The fourth-order valence-corrected chi connectivity index (χ4v) is 4.67. The summed E-state index contributed by atoms with van der Waals surface area (Å²) in [6, 6.07) is 21.8. The maximum Gasteiger partial charge on any atom is 0.248 e. The topological polar surface area (TPSA) is 114 Å². The van der Waals surface area contributed by atoms with Crippen LogP contribution in [0.15, 0.2) is 84.9 Å². The molecule has 2 heterocycles. The predicted molar refractivity (Wildman–Crippen MR) is 165 cm³/mol. The van der Waals surface area contributed by atoms with Crippen LogP contribution in [-0.4, -0.2) is 39.6 Å². The van der Waals surface area contributed by atoms with Gasteiger partial charge < -0.3 is 39.1 Å². The lowest BCUT2D eigenvalue weighted by Gasteiger charge is -2.14. The second-order valence-electron chi connectivity index (χ2n) is 9.70. The molecule has 0 aliphatic carbocycles. The normalized spacial score (nSPS) is 12.9. The van der Waals surface area contributed by atoms with Crippen LogP contribution in [-0.2, 0) is 9.59 Å². The third-order valence-electron chi connectivity index (χ3n) is 6.90. The summed E-state index contributed by atoms with van der Waals surface area (Å²) in [5, 5.41) is 5.71. The van der Waals surface area contributed by atoms with Gasteiger partial charge in [-0.1, -0.05) is 24.3 Å². The number of nitrogens with one attached hydrogen (secondary N) is 2. The van der Waals surface area contributed by atoms with Crippen LogP contribution in [0.1, 0.15) is 11.1 Å². The van der Waals surface area contributed by atoms with E-state index in [0.29, 0.717) is 45.9 Å². The highest BCUT2D eigenvalue weighted by Crippen LogP contribution is 2.36. The lowest BCUT2D eigenvalue weighted by molar-refractivity contribution is -0.112. The number of methoxy groups -OCH3 is 2. The zero-order valence-electron chi connectivity index (χ0n) is 23.9. The average molecular weight is 593 g/mol. The first-order valence-electron chi connectivity index (χ1n) is 13.6. The van der Waals surface area contributed by atoms with Gasteiger partial charge in [-0.05, 0) is 82.9 Å².